The molecule has 0 aliphatic rings. The lowest BCUT2D eigenvalue weighted by Crippen LogP contribution is -2.31. The van der Waals surface area contributed by atoms with Crippen molar-refractivity contribution in [3.8, 4) is 0 Å². The summed E-state index contributed by atoms with van der Waals surface area (Å²) in [5.41, 5.74) is 1.66. The highest BCUT2D eigenvalue weighted by atomic mass is 32.2. The van der Waals surface area contributed by atoms with E-state index in [1.165, 1.54) is 16.6 Å². The van der Waals surface area contributed by atoms with Crippen LogP contribution in [-0.2, 0) is 10.0 Å². The highest BCUT2D eigenvalue weighted by Gasteiger charge is 2.24. The second kappa shape index (κ2) is 9.68. The van der Waals surface area contributed by atoms with E-state index in [-0.39, 0.29) is 16.6 Å². The molecule has 0 unspecified atom stereocenters. The lowest BCUT2D eigenvalue weighted by Gasteiger charge is -2.20. The fraction of sp³-hybridized carbons (Fsp3) is 0.273. The van der Waals surface area contributed by atoms with Crippen LogP contribution in [0.4, 0.5) is 10.7 Å². The Kier molecular flexibility index (Phi) is 7.17. The maximum absolute atomic E-state index is 12.9. The van der Waals surface area contributed by atoms with Gasteiger partial charge in [0.1, 0.15) is 0 Å². The van der Waals surface area contributed by atoms with Gasteiger partial charge in [-0.15, -0.1) is 11.3 Å². The van der Waals surface area contributed by atoms with Gasteiger partial charge in [-0.2, -0.15) is 4.31 Å². The number of hydrogen-bond acceptors (Lipinski definition) is 6. The van der Waals surface area contributed by atoms with Crippen LogP contribution in [0.2, 0.25) is 0 Å². The van der Waals surface area contributed by atoms with Crippen LogP contribution >= 0.6 is 11.3 Å². The number of nitrogens with zero attached hydrogens (tertiary/aromatic N) is 1. The van der Waals surface area contributed by atoms with Crippen LogP contribution in [0.3, 0.4) is 0 Å². The van der Waals surface area contributed by atoms with E-state index in [0.717, 1.165) is 11.3 Å². The summed E-state index contributed by atoms with van der Waals surface area (Å²) in [7, 11) is -3.67. The van der Waals surface area contributed by atoms with E-state index in [4.69, 9.17) is 4.42 Å². The monoisotopic (exact) mass is 475 g/mol. The Bertz CT molecular complexity index is 1230. The molecule has 0 saturated carbocycles. The number of rotatable bonds is 8. The number of carbonyl (C=O) groups excluding carboxylic acids is 2. The van der Waals surface area contributed by atoms with Crippen molar-refractivity contribution in [2.75, 3.05) is 23.7 Å². The Morgan fingerprint density at radius 1 is 1.00 bits per heavy atom. The van der Waals surface area contributed by atoms with Gasteiger partial charge in [0.15, 0.2) is 5.76 Å². The highest BCUT2D eigenvalue weighted by Crippen LogP contribution is 2.29. The van der Waals surface area contributed by atoms with Gasteiger partial charge in [0.05, 0.1) is 21.0 Å². The summed E-state index contributed by atoms with van der Waals surface area (Å²) in [6.45, 7) is 7.76. The molecule has 0 bridgehead atoms. The lowest BCUT2D eigenvalue weighted by molar-refractivity contribution is 0.0995. The van der Waals surface area contributed by atoms with E-state index < -0.39 is 15.9 Å². The number of hydrogen-bond donors (Lipinski definition) is 2. The zero-order valence-electron chi connectivity index (χ0n) is 18.3. The summed E-state index contributed by atoms with van der Waals surface area (Å²) < 4.78 is 32.3. The van der Waals surface area contributed by atoms with Crippen molar-refractivity contribution < 1.29 is 22.4 Å². The number of thiophene rings is 1. The molecule has 0 atom stereocenters. The van der Waals surface area contributed by atoms with Crippen molar-refractivity contribution in [1.29, 1.82) is 0 Å². The molecule has 0 spiro atoms. The smallest absolute Gasteiger partial charge is 0.291 e. The topological polar surface area (TPSA) is 109 Å². The normalized spacial score (nSPS) is 11.5. The van der Waals surface area contributed by atoms with E-state index in [0.29, 0.717) is 39.8 Å². The van der Waals surface area contributed by atoms with Crippen LogP contribution < -0.4 is 10.6 Å². The largest absolute Gasteiger partial charge is 0.459 e. The first-order valence-electron chi connectivity index (χ1n) is 10.0. The molecule has 3 rings (SSSR count). The number of furan rings is 1. The zero-order chi connectivity index (χ0) is 23.5. The van der Waals surface area contributed by atoms with Gasteiger partial charge in [-0.05, 0) is 55.3 Å². The van der Waals surface area contributed by atoms with Gasteiger partial charge in [-0.3, -0.25) is 9.59 Å². The van der Waals surface area contributed by atoms with Gasteiger partial charge in [-0.1, -0.05) is 19.9 Å². The Balaban J connectivity index is 1.81. The molecule has 0 aliphatic heterocycles. The van der Waals surface area contributed by atoms with E-state index >= 15 is 0 Å². The van der Waals surface area contributed by atoms with Crippen LogP contribution in [0.25, 0.3) is 0 Å². The van der Waals surface area contributed by atoms with Crippen molar-refractivity contribution >= 4 is 43.9 Å². The molecule has 10 heteroatoms. The molecule has 32 heavy (non-hydrogen) atoms. The van der Waals surface area contributed by atoms with Crippen molar-refractivity contribution in [3.63, 3.8) is 0 Å². The molecular formula is C22H25N3O5S2. The summed E-state index contributed by atoms with van der Waals surface area (Å²) in [4.78, 5) is 25.6. The molecule has 3 aromatic rings. The van der Waals surface area contributed by atoms with Crippen molar-refractivity contribution in [1.82, 2.24) is 4.31 Å². The molecule has 0 radical (unpaired) electrons. The number of nitrogens with one attached hydrogen (secondary N) is 2. The third kappa shape index (κ3) is 4.93. The summed E-state index contributed by atoms with van der Waals surface area (Å²) in [6, 6.07) is 9.67. The first-order valence-corrected chi connectivity index (χ1v) is 12.3. The zero-order valence-corrected chi connectivity index (χ0v) is 19.9. The molecule has 2 N–H and O–H groups in total. The van der Waals surface area contributed by atoms with Crippen molar-refractivity contribution in [2.24, 2.45) is 0 Å². The van der Waals surface area contributed by atoms with E-state index in [1.807, 2.05) is 0 Å². The van der Waals surface area contributed by atoms with Crippen molar-refractivity contribution in [3.05, 3.63) is 64.4 Å². The Hall–Kier alpha value is -2.95. The van der Waals surface area contributed by atoms with Crippen LogP contribution in [-0.4, -0.2) is 37.6 Å². The second-order valence-corrected chi connectivity index (χ2v) is 10.0. The maximum atomic E-state index is 12.9. The minimum absolute atomic E-state index is 0.160. The summed E-state index contributed by atoms with van der Waals surface area (Å²) in [5, 5.41) is 5.97. The Labute approximate surface area is 191 Å². The number of benzene rings is 1. The summed E-state index contributed by atoms with van der Waals surface area (Å²) >= 11 is 1.13. The first-order chi connectivity index (χ1) is 15.2. The van der Waals surface area contributed by atoms with Crippen LogP contribution in [0.5, 0.6) is 0 Å². The van der Waals surface area contributed by atoms with E-state index in [2.05, 4.69) is 10.6 Å². The van der Waals surface area contributed by atoms with Crippen LogP contribution in [0.15, 0.2) is 52.0 Å². The molecule has 0 saturated heterocycles. The quantitative estimate of drug-likeness (QED) is 0.499. The predicted molar refractivity (Wildman–Crippen MR) is 125 cm³/mol. The summed E-state index contributed by atoms with van der Waals surface area (Å²) in [5.74, 6) is -0.627. The minimum Gasteiger partial charge on any atom is -0.459 e. The third-order valence-electron chi connectivity index (χ3n) is 4.87. The Morgan fingerprint density at radius 2 is 1.72 bits per heavy atom. The molecule has 2 heterocycles. The number of anilines is 2. The maximum Gasteiger partial charge on any atom is 0.291 e. The SMILES string of the molecule is CCN(CC)S(=O)(=O)c1cc(NC(=O)c2sc(NC(=O)c3ccco3)cc2C)ccc1C. The third-order valence-corrected chi connectivity index (χ3v) is 8.22. The predicted octanol–water partition coefficient (Wildman–Crippen LogP) is 4.49. The minimum atomic E-state index is -3.67. The number of sulfonamides is 1. The summed E-state index contributed by atoms with van der Waals surface area (Å²) in [6.07, 6.45) is 1.41. The second-order valence-electron chi connectivity index (χ2n) is 7.08. The molecule has 2 amide bonds. The first kappa shape index (κ1) is 23.7. The van der Waals surface area contributed by atoms with Crippen molar-refractivity contribution in [2.45, 2.75) is 32.6 Å². The standard InChI is InChI=1S/C22H25N3O5S2/c1-5-25(6-2)32(28,29)18-13-16(10-9-14(18)3)23-22(27)20-15(4)12-19(31-20)24-21(26)17-8-7-11-30-17/h7-13H,5-6H2,1-4H3,(H,23,27)(H,24,26). The van der Waals surface area contributed by atoms with Gasteiger partial charge >= 0.3 is 0 Å². The molecular weight excluding hydrogens is 450 g/mol. The average Bonchev–Trinajstić information content (AvgIpc) is 3.40. The molecule has 2 aromatic heterocycles. The average molecular weight is 476 g/mol. The molecule has 8 nitrogen and oxygen atoms in total. The number of amides is 2. The molecule has 0 aliphatic carbocycles. The van der Waals surface area contributed by atoms with Gasteiger partial charge in [0, 0.05) is 18.8 Å². The fourth-order valence-electron chi connectivity index (χ4n) is 3.20. The van der Waals surface area contributed by atoms with Crippen LogP contribution in [0, 0.1) is 13.8 Å². The van der Waals surface area contributed by atoms with Gasteiger partial charge in [0.2, 0.25) is 10.0 Å². The number of carbonyl (C=O) groups is 2. The van der Waals surface area contributed by atoms with Gasteiger partial charge in [0.25, 0.3) is 11.8 Å². The van der Waals surface area contributed by atoms with Crippen LogP contribution in [0.1, 0.15) is 45.2 Å². The van der Waals surface area contributed by atoms with E-state index in [1.54, 1.807) is 58.0 Å². The fourth-order valence-corrected chi connectivity index (χ4v) is 5.87. The van der Waals surface area contributed by atoms with E-state index in [9.17, 15) is 18.0 Å². The molecule has 1 aromatic carbocycles. The molecule has 170 valence electrons. The van der Waals surface area contributed by atoms with Gasteiger partial charge in [-0.25, -0.2) is 8.42 Å². The number of aryl methyl sites for hydroxylation is 2. The molecule has 0 fully saturated rings. The Morgan fingerprint density at radius 3 is 2.34 bits per heavy atom. The highest BCUT2D eigenvalue weighted by molar-refractivity contribution is 7.89. The lowest BCUT2D eigenvalue weighted by atomic mass is 10.2. The van der Waals surface area contributed by atoms with Gasteiger partial charge < -0.3 is 15.1 Å².